The number of amides is 5. The van der Waals surface area contributed by atoms with E-state index in [4.69, 9.17) is 0 Å². The predicted octanol–water partition coefficient (Wildman–Crippen LogP) is 2.46. The minimum absolute atomic E-state index is 0.0595. The molecular formula is C32H51N5O5. The van der Waals surface area contributed by atoms with E-state index >= 15 is 0 Å². The Balaban J connectivity index is 2.59. The largest absolute Gasteiger partial charge is 0.343 e. The van der Waals surface area contributed by atoms with E-state index in [0.29, 0.717) is 19.3 Å². The average Bonchev–Trinajstić information content (AvgIpc) is 2.89. The van der Waals surface area contributed by atoms with E-state index in [1.54, 1.807) is 0 Å². The maximum absolute atomic E-state index is 13.7. The van der Waals surface area contributed by atoms with E-state index < -0.39 is 59.7 Å². The van der Waals surface area contributed by atoms with Crippen molar-refractivity contribution in [2.45, 2.75) is 111 Å². The van der Waals surface area contributed by atoms with Gasteiger partial charge in [-0.15, -0.1) is 0 Å². The first-order valence-corrected chi connectivity index (χ1v) is 15.2. The maximum Gasteiger partial charge on any atom is 0.243 e. The van der Waals surface area contributed by atoms with E-state index in [2.05, 4.69) is 26.6 Å². The van der Waals surface area contributed by atoms with Crippen LogP contribution < -0.4 is 26.6 Å². The van der Waals surface area contributed by atoms with Gasteiger partial charge in [-0.25, -0.2) is 0 Å². The highest BCUT2D eigenvalue weighted by Crippen LogP contribution is 2.14. The summed E-state index contributed by atoms with van der Waals surface area (Å²) in [5, 5.41) is 14.2. The molecule has 5 amide bonds. The molecule has 10 heteroatoms. The van der Waals surface area contributed by atoms with Gasteiger partial charge in [0.1, 0.15) is 30.2 Å². The van der Waals surface area contributed by atoms with Crippen LogP contribution in [0.1, 0.15) is 80.2 Å². The lowest BCUT2D eigenvalue weighted by Crippen LogP contribution is -2.59. The van der Waals surface area contributed by atoms with Crippen molar-refractivity contribution in [1.29, 1.82) is 0 Å². The normalized spacial score (nSPS) is 25.0. The zero-order valence-electron chi connectivity index (χ0n) is 26.5. The molecule has 1 fully saturated rings. The van der Waals surface area contributed by atoms with Crippen LogP contribution in [0.3, 0.4) is 0 Å². The number of hydrogen-bond acceptors (Lipinski definition) is 5. The molecule has 1 aliphatic heterocycles. The Kier molecular flexibility index (Phi) is 13.5. The average molecular weight is 586 g/mol. The second-order valence-electron chi connectivity index (χ2n) is 13.1. The fourth-order valence-corrected chi connectivity index (χ4v) is 5.04. The molecule has 0 aliphatic carbocycles. The van der Waals surface area contributed by atoms with E-state index in [0.717, 1.165) is 5.56 Å². The van der Waals surface area contributed by atoms with Gasteiger partial charge in [0.2, 0.25) is 29.5 Å². The zero-order chi connectivity index (χ0) is 31.6. The van der Waals surface area contributed by atoms with Crippen LogP contribution in [0, 0.1) is 23.7 Å². The molecule has 1 heterocycles. The molecule has 0 radical (unpaired) electrons. The van der Waals surface area contributed by atoms with E-state index in [9.17, 15) is 24.0 Å². The first-order valence-electron chi connectivity index (χ1n) is 15.2. The van der Waals surface area contributed by atoms with Crippen molar-refractivity contribution >= 4 is 29.5 Å². The summed E-state index contributed by atoms with van der Waals surface area (Å²) < 4.78 is 0. The van der Waals surface area contributed by atoms with Crippen LogP contribution in [0.15, 0.2) is 30.3 Å². The Hall–Kier alpha value is -3.43. The topological polar surface area (TPSA) is 146 Å². The molecule has 0 bridgehead atoms. The van der Waals surface area contributed by atoms with Gasteiger partial charge in [0, 0.05) is 6.42 Å². The molecule has 10 nitrogen and oxygen atoms in total. The molecular weight excluding hydrogens is 534 g/mol. The third kappa shape index (κ3) is 11.1. The molecule has 234 valence electrons. The Morgan fingerprint density at radius 3 is 1.26 bits per heavy atom. The standard InChI is InChI=1S/C32H51N5O5/c1-18(2)14-23-28(38)34-25(16-20(5)6)31(41)37-27(21(7)8)32(42)36-24(15-19(3)4)29(39)35-26(30(40)33-23)17-22-12-10-9-11-13-22/h9-13,18-21,23-27H,14-17H2,1-8H3,(H,33,40)(H,34,38)(H,35,39)(H,36,42)(H,37,41)/t23-,24-,25-,26-,27?/m0/s1. The van der Waals surface area contributed by atoms with Crippen LogP contribution in [0.25, 0.3) is 0 Å². The summed E-state index contributed by atoms with van der Waals surface area (Å²) in [6.07, 6.45) is 1.21. The molecule has 0 spiro atoms. The zero-order valence-corrected chi connectivity index (χ0v) is 26.5. The monoisotopic (exact) mass is 585 g/mol. The van der Waals surface area contributed by atoms with Gasteiger partial charge < -0.3 is 26.6 Å². The van der Waals surface area contributed by atoms with Gasteiger partial charge in [0.15, 0.2) is 0 Å². The smallest absolute Gasteiger partial charge is 0.243 e. The van der Waals surface area contributed by atoms with Crippen molar-refractivity contribution in [3.8, 4) is 0 Å². The Morgan fingerprint density at radius 1 is 0.500 bits per heavy atom. The quantitative estimate of drug-likeness (QED) is 0.302. The fourth-order valence-electron chi connectivity index (χ4n) is 5.04. The van der Waals surface area contributed by atoms with Crippen molar-refractivity contribution in [1.82, 2.24) is 26.6 Å². The molecule has 1 aliphatic rings. The van der Waals surface area contributed by atoms with Gasteiger partial charge in [0.25, 0.3) is 0 Å². The Morgan fingerprint density at radius 2 is 0.857 bits per heavy atom. The van der Waals surface area contributed by atoms with Crippen LogP contribution >= 0.6 is 0 Å². The first kappa shape index (κ1) is 34.8. The lowest BCUT2D eigenvalue weighted by molar-refractivity contribution is -0.135. The van der Waals surface area contributed by atoms with E-state index in [-0.39, 0.29) is 30.1 Å². The molecule has 5 atom stereocenters. The van der Waals surface area contributed by atoms with Crippen LogP contribution in [0.2, 0.25) is 0 Å². The molecule has 0 aromatic heterocycles. The van der Waals surface area contributed by atoms with Crippen LogP contribution in [0.5, 0.6) is 0 Å². The summed E-state index contributed by atoms with van der Waals surface area (Å²) in [6.45, 7) is 15.3. The molecule has 1 aromatic rings. The predicted molar refractivity (Wildman–Crippen MR) is 163 cm³/mol. The minimum atomic E-state index is -0.994. The highest BCUT2D eigenvalue weighted by Gasteiger charge is 2.36. The van der Waals surface area contributed by atoms with Gasteiger partial charge in [0.05, 0.1) is 0 Å². The van der Waals surface area contributed by atoms with E-state index in [1.807, 2.05) is 85.7 Å². The Labute approximate surface area is 250 Å². The first-order chi connectivity index (χ1) is 19.7. The maximum atomic E-state index is 13.7. The van der Waals surface area contributed by atoms with Crippen molar-refractivity contribution in [3.63, 3.8) is 0 Å². The van der Waals surface area contributed by atoms with Crippen molar-refractivity contribution in [3.05, 3.63) is 35.9 Å². The third-order valence-electron chi connectivity index (χ3n) is 7.18. The van der Waals surface area contributed by atoms with E-state index in [1.165, 1.54) is 0 Å². The molecule has 5 N–H and O–H groups in total. The summed E-state index contributed by atoms with van der Waals surface area (Å²) in [6, 6.07) is 4.61. The number of carbonyl (C=O) groups is 5. The molecule has 1 aromatic carbocycles. The van der Waals surface area contributed by atoms with Crippen LogP contribution in [-0.4, -0.2) is 59.7 Å². The summed E-state index contributed by atoms with van der Waals surface area (Å²) in [5.41, 5.74) is 0.830. The lowest BCUT2D eigenvalue weighted by atomic mass is 9.98. The second kappa shape index (κ2) is 16.3. The number of hydrogen-bond donors (Lipinski definition) is 5. The summed E-state index contributed by atoms with van der Waals surface area (Å²) in [5.74, 6) is -2.57. The number of rotatable bonds is 9. The highest BCUT2D eigenvalue weighted by atomic mass is 16.2. The molecule has 2 rings (SSSR count). The van der Waals surface area contributed by atoms with Crippen LogP contribution in [-0.2, 0) is 30.4 Å². The van der Waals surface area contributed by atoms with Gasteiger partial charge >= 0.3 is 0 Å². The Bertz CT molecular complexity index is 1070. The fraction of sp³-hybridized carbons (Fsp3) is 0.656. The number of nitrogens with one attached hydrogen (secondary N) is 5. The van der Waals surface area contributed by atoms with Crippen molar-refractivity contribution in [2.75, 3.05) is 0 Å². The minimum Gasteiger partial charge on any atom is -0.343 e. The van der Waals surface area contributed by atoms with Gasteiger partial charge in [-0.1, -0.05) is 85.7 Å². The molecule has 42 heavy (non-hydrogen) atoms. The number of benzene rings is 1. The van der Waals surface area contributed by atoms with Gasteiger partial charge in [-0.2, -0.15) is 0 Å². The lowest BCUT2D eigenvalue weighted by Gasteiger charge is -2.28. The molecule has 1 saturated heterocycles. The molecule has 0 saturated carbocycles. The summed E-state index contributed by atoms with van der Waals surface area (Å²) in [7, 11) is 0. The second-order valence-corrected chi connectivity index (χ2v) is 13.1. The molecule has 1 unspecified atom stereocenters. The van der Waals surface area contributed by atoms with Crippen molar-refractivity contribution < 1.29 is 24.0 Å². The third-order valence-corrected chi connectivity index (χ3v) is 7.18. The van der Waals surface area contributed by atoms with Gasteiger partial charge in [-0.05, 0) is 48.5 Å². The highest BCUT2D eigenvalue weighted by molar-refractivity contribution is 5.98. The summed E-state index contributed by atoms with van der Waals surface area (Å²) in [4.78, 5) is 68.0. The van der Waals surface area contributed by atoms with Crippen LogP contribution in [0.4, 0.5) is 0 Å². The summed E-state index contributed by atoms with van der Waals surface area (Å²) >= 11 is 0. The number of carbonyl (C=O) groups excluding carboxylic acids is 5. The van der Waals surface area contributed by atoms with Crippen molar-refractivity contribution in [2.24, 2.45) is 23.7 Å². The van der Waals surface area contributed by atoms with Gasteiger partial charge in [-0.3, -0.25) is 24.0 Å². The SMILES string of the molecule is CC(C)C[C@@H]1NC(=O)C(C(C)C)NC(=O)[C@H](CC(C)C)NC(=O)[C@H](CC(C)C)NC(=O)[C@H](Cc2ccccc2)NC1=O.